The summed E-state index contributed by atoms with van der Waals surface area (Å²) in [6.45, 7) is 4.11. The molecule has 0 unspecified atom stereocenters. The third-order valence-corrected chi connectivity index (χ3v) is 7.44. The molecule has 1 aromatic carbocycles. The van der Waals surface area contributed by atoms with Crippen LogP contribution in [0.25, 0.3) is 11.7 Å². The molecule has 3 aromatic rings. The van der Waals surface area contributed by atoms with Gasteiger partial charge in [0.2, 0.25) is 0 Å². The largest absolute Gasteiger partial charge is 0.351 e. The van der Waals surface area contributed by atoms with Crippen molar-refractivity contribution in [3.05, 3.63) is 80.6 Å². The first kappa shape index (κ1) is 21.9. The van der Waals surface area contributed by atoms with Crippen LogP contribution in [0.5, 0.6) is 0 Å². The average molecular weight is 477 g/mol. The predicted molar refractivity (Wildman–Crippen MR) is 137 cm³/mol. The number of thioether (sulfide) groups is 1. The van der Waals surface area contributed by atoms with E-state index in [2.05, 4.69) is 30.0 Å². The molecule has 33 heavy (non-hydrogen) atoms. The van der Waals surface area contributed by atoms with Gasteiger partial charge in [0, 0.05) is 25.8 Å². The second-order valence-corrected chi connectivity index (χ2v) is 9.89. The van der Waals surface area contributed by atoms with Crippen LogP contribution in [-0.2, 0) is 17.8 Å². The minimum absolute atomic E-state index is 0.133. The summed E-state index contributed by atoms with van der Waals surface area (Å²) in [7, 11) is 0. The lowest BCUT2D eigenvalue weighted by Gasteiger charge is -2.30. The molecule has 0 atom stereocenters. The molecule has 1 fully saturated rings. The number of fused-ring (bicyclic) bond motifs is 2. The Morgan fingerprint density at radius 2 is 1.91 bits per heavy atom. The fourth-order valence-electron chi connectivity index (χ4n) is 4.28. The number of amides is 1. The maximum absolute atomic E-state index is 13.6. The number of benzene rings is 1. The highest BCUT2D eigenvalue weighted by Gasteiger charge is 2.32. The lowest BCUT2D eigenvalue weighted by molar-refractivity contribution is -0.122. The Kier molecular flexibility index (Phi) is 6.03. The fraction of sp³-hybridized carbons (Fsp3) is 0.280. The van der Waals surface area contributed by atoms with Gasteiger partial charge in [0.05, 0.1) is 10.5 Å². The van der Waals surface area contributed by atoms with Gasteiger partial charge in [-0.15, -0.1) is 0 Å². The molecule has 1 amide bonds. The Hall–Kier alpha value is -2.97. The van der Waals surface area contributed by atoms with Crippen molar-refractivity contribution >= 4 is 51.7 Å². The van der Waals surface area contributed by atoms with Gasteiger partial charge < -0.3 is 4.90 Å². The molecular formula is C25H24N4O2S2. The number of hydrogen-bond donors (Lipinski definition) is 0. The Morgan fingerprint density at radius 1 is 1.12 bits per heavy atom. The quantitative estimate of drug-likeness (QED) is 0.405. The van der Waals surface area contributed by atoms with Gasteiger partial charge in [0.1, 0.15) is 15.8 Å². The van der Waals surface area contributed by atoms with Crippen LogP contribution in [0.1, 0.15) is 36.5 Å². The van der Waals surface area contributed by atoms with E-state index in [-0.39, 0.29) is 11.5 Å². The third kappa shape index (κ3) is 4.09. The molecule has 0 radical (unpaired) electrons. The molecule has 0 saturated carbocycles. The van der Waals surface area contributed by atoms with Crippen molar-refractivity contribution in [2.24, 2.45) is 0 Å². The summed E-state index contributed by atoms with van der Waals surface area (Å²) in [6.07, 6.45) is 6.15. The normalized spacial score (nSPS) is 17.3. The van der Waals surface area contributed by atoms with Crippen LogP contribution in [0.15, 0.2) is 58.4 Å². The van der Waals surface area contributed by atoms with Crippen LogP contribution in [0.4, 0.5) is 5.82 Å². The summed E-state index contributed by atoms with van der Waals surface area (Å²) in [5, 5.41) is 0. The van der Waals surface area contributed by atoms with Gasteiger partial charge in [-0.2, -0.15) is 0 Å². The first-order valence-corrected chi connectivity index (χ1v) is 12.4. The molecule has 0 spiro atoms. The van der Waals surface area contributed by atoms with Crippen molar-refractivity contribution in [1.29, 1.82) is 0 Å². The van der Waals surface area contributed by atoms with Gasteiger partial charge in [-0.25, -0.2) is 4.98 Å². The molecule has 2 aliphatic heterocycles. The molecule has 2 aliphatic rings. The number of nitrogens with zero attached hydrogens (tertiary/aromatic N) is 4. The van der Waals surface area contributed by atoms with Gasteiger partial charge in [0.25, 0.3) is 11.5 Å². The van der Waals surface area contributed by atoms with Gasteiger partial charge in [-0.3, -0.25) is 18.9 Å². The summed E-state index contributed by atoms with van der Waals surface area (Å²) >= 11 is 6.71. The zero-order valence-corrected chi connectivity index (χ0v) is 20.0. The number of carbonyl (C=O) groups excluding carboxylic acids is 1. The van der Waals surface area contributed by atoms with E-state index in [0.29, 0.717) is 39.3 Å². The summed E-state index contributed by atoms with van der Waals surface area (Å²) in [5.41, 5.74) is 3.38. The number of aromatic nitrogens is 2. The monoisotopic (exact) mass is 476 g/mol. The molecule has 0 N–H and O–H groups in total. The fourth-order valence-corrected chi connectivity index (χ4v) is 5.57. The molecule has 6 nitrogen and oxygen atoms in total. The van der Waals surface area contributed by atoms with E-state index in [1.54, 1.807) is 23.2 Å². The van der Waals surface area contributed by atoms with E-state index in [1.807, 2.05) is 18.2 Å². The number of unbranched alkanes of at least 4 members (excludes halogenated alkanes) is 1. The Labute approximate surface area is 201 Å². The van der Waals surface area contributed by atoms with Crippen molar-refractivity contribution < 1.29 is 4.79 Å². The van der Waals surface area contributed by atoms with E-state index in [1.165, 1.54) is 27.3 Å². The highest BCUT2D eigenvalue weighted by molar-refractivity contribution is 8.26. The number of pyridine rings is 1. The van der Waals surface area contributed by atoms with Crippen LogP contribution in [0.3, 0.4) is 0 Å². The Balaban J connectivity index is 1.61. The van der Waals surface area contributed by atoms with Crippen molar-refractivity contribution in [3.8, 4) is 0 Å². The van der Waals surface area contributed by atoms with Gasteiger partial charge >= 0.3 is 0 Å². The highest BCUT2D eigenvalue weighted by atomic mass is 32.2. The summed E-state index contributed by atoms with van der Waals surface area (Å²) in [5.74, 6) is 0.477. The number of carbonyl (C=O) groups is 1. The number of anilines is 1. The maximum atomic E-state index is 13.6. The van der Waals surface area contributed by atoms with E-state index in [0.717, 1.165) is 25.8 Å². The predicted octanol–water partition coefficient (Wildman–Crippen LogP) is 4.26. The lowest BCUT2D eigenvalue weighted by Crippen LogP contribution is -2.34. The van der Waals surface area contributed by atoms with Crippen LogP contribution in [-0.4, -0.2) is 37.6 Å². The third-order valence-electron chi connectivity index (χ3n) is 6.06. The molecule has 2 aromatic heterocycles. The molecule has 5 rings (SSSR count). The smallest absolute Gasteiger partial charge is 0.267 e. The van der Waals surface area contributed by atoms with Gasteiger partial charge in [-0.05, 0) is 42.2 Å². The van der Waals surface area contributed by atoms with E-state index < -0.39 is 0 Å². The van der Waals surface area contributed by atoms with Crippen LogP contribution in [0.2, 0.25) is 0 Å². The van der Waals surface area contributed by atoms with E-state index in [9.17, 15) is 9.59 Å². The van der Waals surface area contributed by atoms with Crippen molar-refractivity contribution in [2.45, 2.75) is 32.7 Å². The number of rotatable bonds is 5. The molecule has 168 valence electrons. The standard InChI is InChI=1S/C25H24N4O2S2/c1-2-3-12-29-24(31)20(33-25(29)32)15-19-22(26-21-10-6-7-13-28(21)23(19)30)27-14-11-17-8-4-5-9-18(17)16-27/h4-10,13,15H,2-3,11-12,14,16H2,1H3. The SMILES string of the molecule is CCCCN1C(=O)C(=Cc2c(N3CCc4ccccc4C3)nc3ccccn3c2=O)SC1=S. The maximum Gasteiger partial charge on any atom is 0.267 e. The number of hydrogen-bond acceptors (Lipinski definition) is 6. The second-order valence-electron chi connectivity index (χ2n) is 8.21. The first-order chi connectivity index (χ1) is 16.1. The molecule has 1 saturated heterocycles. The molecule has 4 heterocycles. The molecule has 0 aliphatic carbocycles. The summed E-state index contributed by atoms with van der Waals surface area (Å²) in [4.78, 5) is 35.7. The minimum Gasteiger partial charge on any atom is -0.351 e. The first-order valence-electron chi connectivity index (χ1n) is 11.2. The Bertz CT molecular complexity index is 1350. The van der Waals surface area contributed by atoms with Gasteiger partial charge in [-0.1, -0.05) is 67.7 Å². The summed E-state index contributed by atoms with van der Waals surface area (Å²) < 4.78 is 2.08. The zero-order chi connectivity index (χ0) is 22.9. The average Bonchev–Trinajstić information content (AvgIpc) is 3.11. The highest BCUT2D eigenvalue weighted by Crippen LogP contribution is 2.34. The molecular weight excluding hydrogens is 452 g/mol. The van der Waals surface area contributed by atoms with Crippen LogP contribution >= 0.6 is 24.0 Å². The topological polar surface area (TPSA) is 57.9 Å². The molecule has 8 heteroatoms. The second kappa shape index (κ2) is 9.11. The summed E-state index contributed by atoms with van der Waals surface area (Å²) in [6, 6.07) is 13.9. The van der Waals surface area contributed by atoms with Crippen molar-refractivity contribution in [2.75, 3.05) is 18.0 Å². The molecule has 0 bridgehead atoms. The van der Waals surface area contributed by atoms with Gasteiger partial charge in [0.15, 0.2) is 0 Å². The minimum atomic E-state index is -0.187. The van der Waals surface area contributed by atoms with Crippen molar-refractivity contribution in [3.63, 3.8) is 0 Å². The van der Waals surface area contributed by atoms with E-state index in [4.69, 9.17) is 17.2 Å². The van der Waals surface area contributed by atoms with Crippen LogP contribution < -0.4 is 10.5 Å². The zero-order valence-electron chi connectivity index (χ0n) is 18.4. The van der Waals surface area contributed by atoms with Crippen LogP contribution in [0, 0.1) is 0 Å². The van der Waals surface area contributed by atoms with Crippen molar-refractivity contribution in [1.82, 2.24) is 14.3 Å². The van der Waals surface area contributed by atoms with E-state index >= 15 is 0 Å². The Morgan fingerprint density at radius 3 is 2.73 bits per heavy atom. The lowest BCUT2D eigenvalue weighted by atomic mass is 9.99. The number of thiocarbonyl (C=S) groups is 1.